The fourth-order valence-electron chi connectivity index (χ4n) is 2.53. The molecule has 1 N–H and O–H groups in total. The summed E-state index contributed by atoms with van der Waals surface area (Å²) in [5.41, 5.74) is 1.30. The summed E-state index contributed by atoms with van der Waals surface area (Å²) in [7, 11) is 1.64. The van der Waals surface area contributed by atoms with Gasteiger partial charge in [-0.2, -0.15) is 10.4 Å². The molecule has 1 aromatic carbocycles. The van der Waals surface area contributed by atoms with E-state index < -0.39 is 5.91 Å². The van der Waals surface area contributed by atoms with Gasteiger partial charge in [-0.1, -0.05) is 24.3 Å². The Labute approximate surface area is 156 Å². The van der Waals surface area contributed by atoms with Crippen LogP contribution in [0.15, 0.2) is 59.7 Å². The van der Waals surface area contributed by atoms with Gasteiger partial charge in [0.2, 0.25) is 0 Å². The Bertz CT molecular complexity index is 1010. The molecule has 2 heterocycles. The maximum atomic E-state index is 12.4. The van der Waals surface area contributed by atoms with Gasteiger partial charge in [0.15, 0.2) is 5.76 Å². The van der Waals surface area contributed by atoms with Crippen LogP contribution in [-0.2, 0) is 20.1 Å². The van der Waals surface area contributed by atoms with Crippen molar-refractivity contribution in [1.29, 1.82) is 5.26 Å². The van der Waals surface area contributed by atoms with Gasteiger partial charge in [0, 0.05) is 7.05 Å². The zero-order valence-corrected chi connectivity index (χ0v) is 14.8. The van der Waals surface area contributed by atoms with E-state index in [2.05, 4.69) is 17.0 Å². The summed E-state index contributed by atoms with van der Waals surface area (Å²) in [4.78, 5) is 12.4. The molecule has 0 radical (unpaired) electrons. The summed E-state index contributed by atoms with van der Waals surface area (Å²) < 4.78 is 12.8. The first-order chi connectivity index (χ1) is 13.1. The van der Waals surface area contributed by atoms with Crippen molar-refractivity contribution in [3.63, 3.8) is 0 Å². The molecule has 136 valence electrons. The van der Waals surface area contributed by atoms with Gasteiger partial charge in [-0.25, -0.2) is 0 Å². The van der Waals surface area contributed by atoms with Crippen LogP contribution in [0.4, 0.5) is 5.82 Å². The van der Waals surface area contributed by atoms with Crippen LogP contribution in [0.1, 0.15) is 27.4 Å². The first kappa shape index (κ1) is 18.0. The van der Waals surface area contributed by atoms with Gasteiger partial charge < -0.3 is 14.5 Å². The van der Waals surface area contributed by atoms with Crippen molar-refractivity contribution in [2.75, 3.05) is 5.32 Å². The summed E-state index contributed by atoms with van der Waals surface area (Å²) >= 11 is 0. The normalized spacial score (nSPS) is 10.2. The van der Waals surface area contributed by atoms with Crippen LogP contribution in [0.2, 0.25) is 0 Å². The number of nitrogens with one attached hydrogen (secondary N) is 1. The van der Waals surface area contributed by atoms with Gasteiger partial charge in [-0.15, -0.1) is 6.58 Å². The maximum absolute atomic E-state index is 12.4. The number of benzene rings is 1. The number of allylic oxidation sites excluding steroid dienone is 1. The average molecular weight is 362 g/mol. The van der Waals surface area contributed by atoms with E-state index in [0.717, 1.165) is 11.3 Å². The third-order valence-electron chi connectivity index (χ3n) is 3.88. The Balaban J connectivity index is 1.66. The maximum Gasteiger partial charge on any atom is 0.292 e. The van der Waals surface area contributed by atoms with Crippen molar-refractivity contribution in [2.24, 2.45) is 7.05 Å². The number of aromatic nitrogens is 2. The molecule has 7 nitrogen and oxygen atoms in total. The summed E-state index contributed by atoms with van der Waals surface area (Å²) in [6.45, 7) is 3.93. The predicted molar refractivity (Wildman–Crippen MR) is 99.3 cm³/mol. The summed E-state index contributed by atoms with van der Waals surface area (Å²) in [6, 6.07) is 12.9. The Kier molecular flexibility index (Phi) is 5.38. The van der Waals surface area contributed by atoms with Crippen LogP contribution in [0.3, 0.4) is 0 Å². The number of aryl methyl sites for hydroxylation is 1. The lowest BCUT2D eigenvalue weighted by Gasteiger charge is -2.09. The molecular weight excluding hydrogens is 344 g/mol. The van der Waals surface area contributed by atoms with E-state index in [4.69, 9.17) is 14.4 Å². The van der Waals surface area contributed by atoms with E-state index in [0.29, 0.717) is 18.0 Å². The predicted octanol–water partition coefficient (Wildman–Crippen LogP) is 3.44. The highest BCUT2D eigenvalue weighted by molar-refractivity contribution is 6.02. The van der Waals surface area contributed by atoms with Crippen molar-refractivity contribution >= 4 is 11.7 Å². The minimum absolute atomic E-state index is 0.123. The molecule has 0 aliphatic heterocycles. The molecule has 3 aromatic rings. The van der Waals surface area contributed by atoms with Gasteiger partial charge in [0.1, 0.15) is 35.6 Å². The molecule has 2 aromatic heterocycles. The van der Waals surface area contributed by atoms with Gasteiger partial charge in [0.05, 0.1) is 6.20 Å². The minimum Gasteiger partial charge on any atom is -0.485 e. The van der Waals surface area contributed by atoms with Crippen molar-refractivity contribution in [3.05, 3.63) is 77.9 Å². The van der Waals surface area contributed by atoms with Crippen LogP contribution in [0, 0.1) is 11.3 Å². The number of carbonyl (C=O) groups excluding carboxylic acids is 1. The van der Waals surface area contributed by atoms with Crippen LogP contribution in [0.5, 0.6) is 5.75 Å². The largest absolute Gasteiger partial charge is 0.485 e. The molecule has 0 unspecified atom stereocenters. The monoisotopic (exact) mass is 362 g/mol. The molecule has 7 heteroatoms. The smallest absolute Gasteiger partial charge is 0.292 e. The molecule has 0 atom stereocenters. The van der Waals surface area contributed by atoms with Gasteiger partial charge in [-0.3, -0.25) is 9.48 Å². The van der Waals surface area contributed by atoms with Crippen molar-refractivity contribution in [1.82, 2.24) is 9.78 Å². The van der Waals surface area contributed by atoms with E-state index >= 15 is 0 Å². The van der Waals surface area contributed by atoms with Crippen molar-refractivity contribution in [2.45, 2.75) is 13.0 Å². The minimum atomic E-state index is -0.464. The Morgan fingerprint density at radius 1 is 1.41 bits per heavy atom. The number of rotatable bonds is 7. The molecule has 27 heavy (non-hydrogen) atoms. The number of hydrogen-bond acceptors (Lipinski definition) is 5. The summed E-state index contributed by atoms with van der Waals surface area (Å²) in [5, 5.41) is 15.6. The van der Waals surface area contributed by atoms with Crippen molar-refractivity contribution in [3.8, 4) is 11.8 Å². The first-order valence-corrected chi connectivity index (χ1v) is 8.26. The molecule has 0 bridgehead atoms. The van der Waals surface area contributed by atoms with Crippen LogP contribution >= 0.6 is 0 Å². The molecular formula is C20H18N4O3. The third kappa shape index (κ3) is 4.07. The molecule has 3 rings (SSSR count). The van der Waals surface area contributed by atoms with Crippen LogP contribution < -0.4 is 10.1 Å². The fourth-order valence-corrected chi connectivity index (χ4v) is 2.53. The van der Waals surface area contributed by atoms with Gasteiger partial charge in [0.25, 0.3) is 5.91 Å². The number of amides is 1. The zero-order valence-electron chi connectivity index (χ0n) is 14.8. The lowest BCUT2D eigenvalue weighted by atomic mass is 10.1. The number of anilines is 1. The van der Waals surface area contributed by atoms with Gasteiger partial charge >= 0.3 is 0 Å². The van der Waals surface area contributed by atoms with E-state index in [1.807, 2.05) is 36.4 Å². The quantitative estimate of drug-likeness (QED) is 0.650. The third-order valence-corrected chi connectivity index (χ3v) is 3.88. The second-order valence-electron chi connectivity index (χ2n) is 5.75. The average Bonchev–Trinajstić information content (AvgIpc) is 3.28. The number of hydrogen-bond donors (Lipinski definition) is 1. The highest BCUT2D eigenvalue weighted by Gasteiger charge is 2.16. The number of furan rings is 1. The molecule has 0 saturated heterocycles. The zero-order chi connectivity index (χ0) is 19.2. The van der Waals surface area contributed by atoms with E-state index in [9.17, 15) is 4.79 Å². The SMILES string of the molecule is C=CCc1ccccc1OCc1ccc(C(=O)Nc2c(C#N)cnn2C)o1. The number of ether oxygens (including phenoxy) is 1. The molecule has 0 spiro atoms. The Morgan fingerprint density at radius 3 is 3.00 bits per heavy atom. The van der Waals surface area contributed by atoms with Crippen molar-refractivity contribution < 1.29 is 13.9 Å². The topological polar surface area (TPSA) is 93.1 Å². The van der Waals surface area contributed by atoms with Crippen LogP contribution in [0.25, 0.3) is 0 Å². The standard InChI is InChI=1S/C20H18N4O3/c1-3-6-14-7-4-5-8-17(14)26-13-16-9-10-18(27-16)20(25)23-19-15(11-21)12-22-24(19)2/h3-5,7-10,12H,1,6,13H2,2H3,(H,23,25). The fraction of sp³-hybridized carbons (Fsp3) is 0.150. The van der Waals surface area contributed by atoms with Gasteiger partial charge in [-0.05, 0) is 30.2 Å². The molecule has 1 amide bonds. The second-order valence-corrected chi connectivity index (χ2v) is 5.75. The highest BCUT2D eigenvalue weighted by atomic mass is 16.5. The summed E-state index contributed by atoms with van der Waals surface area (Å²) in [6.07, 6.45) is 3.90. The summed E-state index contributed by atoms with van der Waals surface area (Å²) in [5.74, 6) is 1.23. The number of nitrogens with zero attached hydrogens (tertiary/aromatic N) is 3. The molecule has 0 fully saturated rings. The first-order valence-electron chi connectivity index (χ1n) is 8.26. The second kappa shape index (κ2) is 8.06. The number of nitriles is 1. The number of para-hydroxylation sites is 1. The lowest BCUT2D eigenvalue weighted by Crippen LogP contribution is -2.14. The number of carbonyl (C=O) groups is 1. The highest BCUT2D eigenvalue weighted by Crippen LogP contribution is 2.21. The Hall–Kier alpha value is -3.79. The molecule has 0 aliphatic rings. The lowest BCUT2D eigenvalue weighted by molar-refractivity contribution is 0.0991. The molecule has 0 saturated carbocycles. The van der Waals surface area contributed by atoms with E-state index in [1.165, 1.54) is 10.9 Å². The molecule has 0 aliphatic carbocycles. The Morgan fingerprint density at radius 2 is 2.22 bits per heavy atom. The van der Waals surface area contributed by atoms with E-state index in [-0.39, 0.29) is 17.9 Å². The van der Waals surface area contributed by atoms with E-state index in [1.54, 1.807) is 19.2 Å². The van der Waals surface area contributed by atoms with Crippen LogP contribution in [-0.4, -0.2) is 15.7 Å².